The van der Waals surface area contributed by atoms with Crippen molar-refractivity contribution in [2.45, 2.75) is 18.8 Å². The number of carboxylic acid groups (broad SMARTS) is 1. The second kappa shape index (κ2) is 3.96. The summed E-state index contributed by atoms with van der Waals surface area (Å²) in [5.41, 5.74) is 1.50. The van der Waals surface area contributed by atoms with E-state index in [4.69, 9.17) is 9.84 Å². The molecule has 0 aromatic heterocycles. The predicted molar refractivity (Wildman–Crippen MR) is 56.7 cm³/mol. The lowest BCUT2D eigenvalue weighted by Gasteiger charge is -2.21. The maximum atomic E-state index is 11.5. The summed E-state index contributed by atoms with van der Waals surface area (Å²) >= 11 is 0. The molecule has 1 aromatic rings. The molecule has 1 unspecified atom stereocenters. The van der Waals surface area contributed by atoms with Crippen molar-refractivity contribution in [3.05, 3.63) is 29.3 Å². The summed E-state index contributed by atoms with van der Waals surface area (Å²) in [7, 11) is 1.56. The molecule has 0 fully saturated rings. The Bertz CT molecular complexity index is 450. The molecule has 1 aromatic carbocycles. The number of fused-ring (bicyclic) bond motifs is 1. The van der Waals surface area contributed by atoms with Gasteiger partial charge < -0.3 is 9.84 Å². The fraction of sp³-hybridized carbons (Fsp3) is 0.333. The molecular weight excluding hydrogens is 208 g/mol. The molecule has 0 aliphatic heterocycles. The molecule has 0 saturated heterocycles. The first-order valence-corrected chi connectivity index (χ1v) is 5.06. The van der Waals surface area contributed by atoms with E-state index in [-0.39, 0.29) is 12.2 Å². The van der Waals surface area contributed by atoms with E-state index in [9.17, 15) is 9.59 Å². The normalized spacial score (nSPS) is 19.1. The highest BCUT2D eigenvalue weighted by molar-refractivity contribution is 6.05. The highest BCUT2D eigenvalue weighted by Gasteiger charge is 2.33. The van der Waals surface area contributed by atoms with Crippen LogP contribution in [0, 0.1) is 0 Å². The Labute approximate surface area is 92.8 Å². The smallest absolute Gasteiger partial charge is 0.318 e. The van der Waals surface area contributed by atoms with Crippen LogP contribution < -0.4 is 4.74 Å². The van der Waals surface area contributed by atoms with Crippen LogP contribution in [0.3, 0.4) is 0 Å². The van der Waals surface area contributed by atoms with E-state index in [2.05, 4.69) is 0 Å². The number of carboxylic acids is 1. The van der Waals surface area contributed by atoms with Crippen LogP contribution in [-0.4, -0.2) is 24.0 Å². The molecule has 4 heteroatoms. The molecule has 0 amide bonds. The minimum atomic E-state index is -1.07. The minimum Gasteiger partial charge on any atom is -0.497 e. The molecule has 0 radical (unpaired) electrons. The summed E-state index contributed by atoms with van der Waals surface area (Å²) < 4.78 is 5.07. The number of carbonyl (C=O) groups is 2. The maximum absolute atomic E-state index is 11.5. The molecule has 16 heavy (non-hydrogen) atoms. The Morgan fingerprint density at radius 1 is 1.44 bits per heavy atom. The van der Waals surface area contributed by atoms with Gasteiger partial charge in [-0.05, 0) is 29.7 Å². The molecular formula is C12H12O4. The first-order valence-electron chi connectivity index (χ1n) is 5.06. The van der Waals surface area contributed by atoms with E-state index >= 15 is 0 Å². The van der Waals surface area contributed by atoms with Crippen molar-refractivity contribution in [1.29, 1.82) is 0 Å². The van der Waals surface area contributed by atoms with Crippen molar-refractivity contribution in [2.24, 2.45) is 0 Å². The third-order valence-electron chi connectivity index (χ3n) is 2.87. The summed E-state index contributed by atoms with van der Waals surface area (Å²) in [5.74, 6) is -1.60. The van der Waals surface area contributed by atoms with Gasteiger partial charge in [-0.15, -0.1) is 0 Å². The highest BCUT2D eigenvalue weighted by atomic mass is 16.5. The van der Waals surface area contributed by atoms with Gasteiger partial charge in [-0.25, -0.2) is 0 Å². The van der Waals surface area contributed by atoms with E-state index in [1.807, 2.05) is 0 Å². The number of carbonyl (C=O) groups excluding carboxylic acids is 1. The van der Waals surface area contributed by atoms with Gasteiger partial charge in [-0.1, -0.05) is 6.07 Å². The largest absolute Gasteiger partial charge is 0.497 e. The Kier molecular flexibility index (Phi) is 2.64. The van der Waals surface area contributed by atoms with Gasteiger partial charge in [-0.2, -0.15) is 0 Å². The van der Waals surface area contributed by atoms with Gasteiger partial charge in [-0.3, -0.25) is 9.59 Å². The zero-order valence-electron chi connectivity index (χ0n) is 8.90. The SMILES string of the molecule is COc1ccc2c(c1)CCC(=O)C2C(=O)O. The summed E-state index contributed by atoms with van der Waals surface area (Å²) in [6.07, 6.45) is 0.881. The lowest BCUT2D eigenvalue weighted by atomic mass is 9.82. The predicted octanol–water partition coefficient (Wildman–Crippen LogP) is 1.38. The second-order valence-electron chi connectivity index (χ2n) is 3.80. The molecule has 0 saturated carbocycles. The van der Waals surface area contributed by atoms with Crippen molar-refractivity contribution in [2.75, 3.05) is 7.11 Å². The number of aliphatic carboxylic acids is 1. The van der Waals surface area contributed by atoms with Crippen LogP contribution in [0.25, 0.3) is 0 Å². The molecule has 1 atom stereocenters. The third-order valence-corrected chi connectivity index (χ3v) is 2.87. The first kappa shape index (κ1) is 10.7. The average molecular weight is 220 g/mol. The molecule has 84 valence electrons. The van der Waals surface area contributed by atoms with Crippen LogP contribution in [0.15, 0.2) is 18.2 Å². The van der Waals surface area contributed by atoms with Crippen LogP contribution in [0.4, 0.5) is 0 Å². The Balaban J connectivity index is 2.48. The van der Waals surface area contributed by atoms with Gasteiger partial charge in [0.15, 0.2) is 5.78 Å². The molecule has 4 nitrogen and oxygen atoms in total. The van der Waals surface area contributed by atoms with Crippen molar-refractivity contribution >= 4 is 11.8 Å². The van der Waals surface area contributed by atoms with Crippen LogP contribution in [0.5, 0.6) is 5.75 Å². The number of ether oxygens (including phenoxy) is 1. The topological polar surface area (TPSA) is 63.6 Å². The number of rotatable bonds is 2. The van der Waals surface area contributed by atoms with Gasteiger partial charge in [0.1, 0.15) is 11.7 Å². The monoisotopic (exact) mass is 220 g/mol. The summed E-state index contributed by atoms with van der Waals surface area (Å²) in [6.45, 7) is 0. The molecule has 0 heterocycles. The summed E-state index contributed by atoms with van der Waals surface area (Å²) in [5, 5.41) is 9.03. The van der Waals surface area contributed by atoms with E-state index in [0.717, 1.165) is 5.56 Å². The number of methoxy groups -OCH3 is 1. The lowest BCUT2D eigenvalue weighted by molar-refractivity contribution is -0.142. The number of hydrogen-bond donors (Lipinski definition) is 1. The number of Topliss-reactive ketones (excluding diaryl/α,β-unsaturated/α-hetero) is 1. The standard InChI is InChI=1S/C12H12O4/c1-16-8-3-4-9-7(6-8)2-5-10(13)11(9)12(14)15/h3-4,6,11H,2,5H2,1H3,(H,14,15). The second-order valence-corrected chi connectivity index (χ2v) is 3.80. The zero-order valence-corrected chi connectivity index (χ0v) is 8.90. The van der Waals surface area contributed by atoms with Crippen LogP contribution >= 0.6 is 0 Å². The molecule has 1 aliphatic rings. The number of benzene rings is 1. The fourth-order valence-corrected chi connectivity index (χ4v) is 2.05. The molecule has 2 rings (SSSR count). The van der Waals surface area contributed by atoms with Crippen molar-refractivity contribution in [1.82, 2.24) is 0 Å². The van der Waals surface area contributed by atoms with Gasteiger partial charge in [0.05, 0.1) is 7.11 Å². The number of ketones is 1. The summed E-state index contributed by atoms with van der Waals surface area (Å²) in [6, 6.07) is 5.16. The van der Waals surface area contributed by atoms with Gasteiger partial charge in [0, 0.05) is 6.42 Å². The minimum absolute atomic E-state index is 0.217. The van der Waals surface area contributed by atoms with E-state index < -0.39 is 11.9 Å². The Hall–Kier alpha value is -1.84. The van der Waals surface area contributed by atoms with E-state index in [1.165, 1.54) is 0 Å². The van der Waals surface area contributed by atoms with Crippen LogP contribution in [0.1, 0.15) is 23.5 Å². The molecule has 1 aliphatic carbocycles. The number of hydrogen-bond acceptors (Lipinski definition) is 3. The quantitative estimate of drug-likeness (QED) is 0.765. The van der Waals surface area contributed by atoms with Gasteiger partial charge in [0.25, 0.3) is 0 Å². The maximum Gasteiger partial charge on any atom is 0.318 e. The van der Waals surface area contributed by atoms with Crippen molar-refractivity contribution < 1.29 is 19.4 Å². The van der Waals surface area contributed by atoms with Crippen molar-refractivity contribution in [3.63, 3.8) is 0 Å². The first-order chi connectivity index (χ1) is 7.63. The fourth-order valence-electron chi connectivity index (χ4n) is 2.05. The number of aryl methyl sites for hydroxylation is 1. The average Bonchev–Trinajstić information content (AvgIpc) is 2.27. The Morgan fingerprint density at radius 3 is 2.81 bits per heavy atom. The highest BCUT2D eigenvalue weighted by Crippen LogP contribution is 2.31. The zero-order chi connectivity index (χ0) is 11.7. The van der Waals surface area contributed by atoms with E-state index in [1.54, 1.807) is 25.3 Å². The van der Waals surface area contributed by atoms with Crippen molar-refractivity contribution in [3.8, 4) is 5.75 Å². The van der Waals surface area contributed by atoms with Crippen LogP contribution in [0.2, 0.25) is 0 Å². The molecule has 0 spiro atoms. The molecule has 0 bridgehead atoms. The van der Waals surface area contributed by atoms with E-state index in [0.29, 0.717) is 17.7 Å². The Morgan fingerprint density at radius 2 is 2.19 bits per heavy atom. The van der Waals surface area contributed by atoms with Gasteiger partial charge >= 0.3 is 5.97 Å². The van der Waals surface area contributed by atoms with Gasteiger partial charge in [0.2, 0.25) is 0 Å². The van der Waals surface area contributed by atoms with Crippen LogP contribution in [-0.2, 0) is 16.0 Å². The summed E-state index contributed by atoms with van der Waals surface area (Å²) in [4.78, 5) is 22.6. The lowest BCUT2D eigenvalue weighted by Crippen LogP contribution is -2.27. The third kappa shape index (κ3) is 1.66. The molecule has 1 N–H and O–H groups in total.